The number of hydrogen-bond donors (Lipinski definition) is 1. The molecule has 1 aromatic heterocycles. The van der Waals surface area contributed by atoms with Crippen molar-refractivity contribution in [1.29, 1.82) is 0 Å². The van der Waals surface area contributed by atoms with Gasteiger partial charge >= 0.3 is 0 Å². The third kappa shape index (κ3) is 2.38. The van der Waals surface area contributed by atoms with E-state index >= 15 is 0 Å². The van der Waals surface area contributed by atoms with Gasteiger partial charge < -0.3 is 5.73 Å². The lowest BCUT2D eigenvalue weighted by Crippen LogP contribution is -2.15. The van der Waals surface area contributed by atoms with Crippen molar-refractivity contribution in [3.8, 4) is 0 Å². The molecule has 3 nitrogen and oxygen atoms in total. The lowest BCUT2D eigenvalue weighted by atomic mass is 10.1. The predicted molar refractivity (Wildman–Crippen MR) is 65.3 cm³/mol. The summed E-state index contributed by atoms with van der Waals surface area (Å²) in [7, 11) is 0. The summed E-state index contributed by atoms with van der Waals surface area (Å²) < 4.78 is 0. The highest BCUT2D eigenvalue weighted by Crippen LogP contribution is 2.21. The van der Waals surface area contributed by atoms with E-state index in [2.05, 4.69) is 36.0 Å². The van der Waals surface area contributed by atoms with Crippen LogP contribution in [-0.2, 0) is 0 Å². The Hall–Kier alpha value is -0.870. The van der Waals surface area contributed by atoms with Crippen LogP contribution in [0.25, 0.3) is 0 Å². The quantitative estimate of drug-likeness (QED) is 0.831. The number of aromatic nitrogens is 1. The van der Waals surface area contributed by atoms with Crippen LogP contribution in [0.5, 0.6) is 0 Å². The van der Waals surface area contributed by atoms with Gasteiger partial charge in [-0.25, -0.2) is 0 Å². The van der Waals surface area contributed by atoms with Gasteiger partial charge in [-0.2, -0.15) is 0 Å². The predicted octanol–water partition coefficient (Wildman–Crippen LogP) is 1.98. The lowest BCUT2D eigenvalue weighted by molar-refractivity contribution is 0.817. The van der Waals surface area contributed by atoms with Gasteiger partial charge in [-0.3, -0.25) is 9.98 Å². The van der Waals surface area contributed by atoms with Gasteiger partial charge in [0, 0.05) is 23.2 Å². The molecule has 80 valence electrons. The van der Waals surface area contributed by atoms with Crippen molar-refractivity contribution < 1.29 is 0 Å². The van der Waals surface area contributed by atoms with Crippen molar-refractivity contribution >= 4 is 16.8 Å². The van der Waals surface area contributed by atoms with E-state index in [0.29, 0.717) is 5.92 Å². The van der Waals surface area contributed by atoms with Crippen LogP contribution >= 0.6 is 11.8 Å². The second-order valence-electron chi connectivity index (χ2n) is 3.94. The van der Waals surface area contributed by atoms with Crippen molar-refractivity contribution in [2.75, 3.05) is 5.75 Å². The molecule has 2 rings (SSSR count). The van der Waals surface area contributed by atoms with Crippen molar-refractivity contribution in [2.24, 2.45) is 10.7 Å². The summed E-state index contributed by atoms with van der Waals surface area (Å²) in [6, 6.07) is 4.14. The van der Waals surface area contributed by atoms with Gasteiger partial charge in [-0.1, -0.05) is 13.8 Å². The van der Waals surface area contributed by atoms with Gasteiger partial charge in [0.25, 0.3) is 0 Å². The summed E-state index contributed by atoms with van der Waals surface area (Å²) in [5, 5.41) is 1.02. The number of thioether (sulfide) groups is 1. The standard InChI is InChI=1S/C11H15N3S/c1-7(2)9-4-3-8(5-13-9)11-14-10(12)6-15-11/h3-5,7,10H,6,12H2,1-2H3. The van der Waals surface area contributed by atoms with Gasteiger partial charge in [-0.05, 0) is 18.1 Å². The molecule has 1 aromatic rings. The molecule has 0 amide bonds. The smallest absolute Gasteiger partial charge is 0.108 e. The van der Waals surface area contributed by atoms with E-state index in [1.165, 1.54) is 0 Å². The van der Waals surface area contributed by atoms with Crippen molar-refractivity contribution in [3.63, 3.8) is 0 Å². The number of aliphatic imine (C=N–C) groups is 1. The maximum Gasteiger partial charge on any atom is 0.108 e. The van der Waals surface area contributed by atoms with Gasteiger partial charge in [0.1, 0.15) is 11.2 Å². The highest BCUT2D eigenvalue weighted by atomic mass is 32.2. The molecular formula is C11H15N3S. The molecule has 1 atom stereocenters. The second kappa shape index (κ2) is 4.33. The summed E-state index contributed by atoms with van der Waals surface area (Å²) in [5.74, 6) is 1.35. The van der Waals surface area contributed by atoms with Gasteiger partial charge in [-0.15, -0.1) is 11.8 Å². The van der Waals surface area contributed by atoms with Crippen molar-refractivity contribution in [3.05, 3.63) is 29.6 Å². The Morgan fingerprint density at radius 3 is 2.73 bits per heavy atom. The van der Waals surface area contributed by atoms with E-state index in [1.54, 1.807) is 11.8 Å². The average Bonchev–Trinajstić information content (AvgIpc) is 2.65. The highest BCUT2D eigenvalue weighted by Gasteiger charge is 2.16. The Labute approximate surface area is 94.2 Å². The van der Waals surface area contributed by atoms with Crippen LogP contribution in [-0.4, -0.2) is 21.9 Å². The summed E-state index contributed by atoms with van der Waals surface area (Å²) in [6.07, 6.45) is 1.84. The minimum Gasteiger partial charge on any atom is -0.309 e. The molecule has 1 aliphatic heterocycles. The van der Waals surface area contributed by atoms with Gasteiger partial charge in [0.2, 0.25) is 0 Å². The first-order valence-electron chi connectivity index (χ1n) is 5.09. The van der Waals surface area contributed by atoms with Crippen LogP contribution in [0.3, 0.4) is 0 Å². The molecular weight excluding hydrogens is 206 g/mol. The number of hydrogen-bond acceptors (Lipinski definition) is 4. The highest BCUT2D eigenvalue weighted by molar-refractivity contribution is 8.14. The zero-order valence-corrected chi connectivity index (χ0v) is 9.79. The Kier molecular flexibility index (Phi) is 3.07. The molecule has 2 N–H and O–H groups in total. The molecule has 0 radical (unpaired) electrons. The van der Waals surface area contributed by atoms with Crippen LogP contribution in [0.1, 0.15) is 31.0 Å². The van der Waals surface area contributed by atoms with E-state index in [0.717, 1.165) is 22.1 Å². The fourth-order valence-corrected chi connectivity index (χ4v) is 2.32. The maximum atomic E-state index is 5.71. The number of pyridine rings is 1. The normalized spacial score (nSPS) is 20.8. The summed E-state index contributed by atoms with van der Waals surface area (Å²) in [4.78, 5) is 8.76. The minimum atomic E-state index is -0.0465. The molecule has 0 aromatic carbocycles. The SMILES string of the molecule is CC(C)c1ccc(C2=NC(N)CS2)cn1. The Morgan fingerprint density at radius 1 is 1.47 bits per heavy atom. The monoisotopic (exact) mass is 221 g/mol. The Balaban J connectivity index is 2.20. The van der Waals surface area contributed by atoms with Crippen LogP contribution < -0.4 is 5.73 Å². The van der Waals surface area contributed by atoms with Crippen LogP contribution in [0.4, 0.5) is 0 Å². The molecule has 4 heteroatoms. The Bertz CT molecular complexity index is 370. The topological polar surface area (TPSA) is 51.3 Å². The van der Waals surface area contributed by atoms with E-state index in [4.69, 9.17) is 5.73 Å². The average molecular weight is 221 g/mol. The summed E-state index contributed by atoms with van der Waals surface area (Å²) in [5.41, 5.74) is 7.91. The molecule has 0 bridgehead atoms. The van der Waals surface area contributed by atoms with Crippen LogP contribution in [0, 0.1) is 0 Å². The van der Waals surface area contributed by atoms with Crippen molar-refractivity contribution in [2.45, 2.75) is 25.9 Å². The molecule has 0 aliphatic carbocycles. The largest absolute Gasteiger partial charge is 0.309 e. The molecule has 15 heavy (non-hydrogen) atoms. The first kappa shape index (κ1) is 10.6. The third-order valence-corrected chi connectivity index (χ3v) is 3.42. The van der Waals surface area contributed by atoms with Crippen LogP contribution in [0.15, 0.2) is 23.3 Å². The fraction of sp³-hybridized carbons (Fsp3) is 0.455. The minimum absolute atomic E-state index is 0.0465. The van der Waals surface area contributed by atoms with Gasteiger partial charge in [0.15, 0.2) is 0 Å². The van der Waals surface area contributed by atoms with Gasteiger partial charge in [0.05, 0.1) is 0 Å². The Morgan fingerprint density at radius 2 is 2.27 bits per heavy atom. The third-order valence-electron chi connectivity index (χ3n) is 2.30. The molecule has 1 unspecified atom stereocenters. The zero-order valence-electron chi connectivity index (χ0n) is 8.97. The second-order valence-corrected chi connectivity index (χ2v) is 4.95. The number of nitrogens with two attached hydrogens (primary N) is 1. The van der Waals surface area contributed by atoms with E-state index < -0.39 is 0 Å². The first-order chi connectivity index (χ1) is 7.16. The zero-order chi connectivity index (χ0) is 10.8. The summed E-state index contributed by atoms with van der Waals surface area (Å²) >= 11 is 1.70. The van der Waals surface area contributed by atoms with Crippen LogP contribution in [0.2, 0.25) is 0 Å². The molecule has 1 aliphatic rings. The van der Waals surface area contributed by atoms with Crippen molar-refractivity contribution in [1.82, 2.24) is 4.98 Å². The fourth-order valence-electron chi connectivity index (χ4n) is 1.42. The summed E-state index contributed by atoms with van der Waals surface area (Å²) in [6.45, 7) is 4.28. The lowest BCUT2D eigenvalue weighted by Gasteiger charge is -2.05. The number of nitrogens with zero attached hydrogens (tertiary/aromatic N) is 2. The first-order valence-corrected chi connectivity index (χ1v) is 6.08. The van der Waals surface area contributed by atoms with E-state index in [1.807, 2.05) is 6.20 Å². The van der Waals surface area contributed by atoms with E-state index in [-0.39, 0.29) is 6.17 Å². The number of rotatable bonds is 2. The van der Waals surface area contributed by atoms with E-state index in [9.17, 15) is 0 Å². The molecule has 0 saturated heterocycles. The molecule has 0 spiro atoms. The molecule has 0 fully saturated rings. The molecule has 2 heterocycles. The molecule has 0 saturated carbocycles. The maximum absolute atomic E-state index is 5.71.